The van der Waals surface area contributed by atoms with Gasteiger partial charge in [-0.25, -0.2) is 9.59 Å². The summed E-state index contributed by atoms with van der Waals surface area (Å²) < 4.78 is 51.8. The van der Waals surface area contributed by atoms with E-state index in [0.29, 0.717) is 11.9 Å². The fourth-order valence-electron chi connectivity index (χ4n) is 5.66. The van der Waals surface area contributed by atoms with E-state index in [1.807, 2.05) is 42.4 Å². The Morgan fingerprint density at radius 3 is 2.32 bits per heavy atom. The van der Waals surface area contributed by atoms with E-state index in [1.54, 1.807) is 14.2 Å². The Hall–Kier alpha value is -3.68. The first kappa shape index (κ1) is 33.2. The van der Waals surface area contributed by atoms with Crippen LogP contribution in [0.3, 0.4) is 0 Å². The van der Waals surface area contributed by atoms with Gasteiger partial charge in [-0.05, 0) is 52.9 Å². The first-order valence-corrected chi connectivity index (χ1v) is 15.5. The Kier molecular flexibility index (Phi) is 10.9. The van der Waals surface area contributed by atoms with Gasteiger partial charge in [-0.2, -0.15) is 11.8 Å². The number of halogens is 4. The van der Waals surface area contributed by atoms with Gasteiger partial charge < -0.3 is 37.4 Å². The Labute approximate surface area is 258 Å². The zero-order chi connectivity index (χ0) is 32.0. The molecular weight excluding hydrogens is 599 g/mol. The smallest absolute Gasteiger partial charge is 0.497 e. The van der Waals surface area contributed by atoms with Gasteiger partial charge in [0.2, 0.25) is 11.4 Å². The molecule has 3 heterocycles. The molecule has 2 fully saturated rings. The second-order valence-corrected chi connectivity index (χ2v) is 12.1. The van der Waals surface area contributed by atoms with Crippen LogP contribution >= 0.6 is 11.8 Å². The highest BCUT2D eigenvalue weighted by Crippen LogP contribution is 2.33. The molecule has 2 N–H and O–H groups in total. The van der Waals surface area contributed by atoms with Crippen LogP contribution in [0.25, 0.3) is 21.9 Å². The molecule has 8 nitrogen and oxygen atoms in total. The van der Waals surface area contributed by atoms with E-state index in [2.05, 4.69) is 47.0 Å². The summed E-state index contributed by atoms with van der Waals surface area (Å²) in [4.78, 5) is 24.4. The van der Waals surface area contributed by atoms with E-state index in [0.717, 1.165) is 70.5 Å². The molecule has 2 aliphatic heterocycles. The van der Waals surface area contributed by atoms with E-state index in [-0.39, 0.29) is 24.2 Å². The average Bonchev–Trinajstić information content (AvgIpc) is 3.51. The third kappa shape index (κ3) is 8.70. The number of nitrogens with one attached hydrogen (secondary N) is 2. The van der Waals surface area contributed by atoms with E-state index in [4.69, 9.17) is 9.47 Å². The van der Waals surface area contributed by atoms with Gasteiger partial charge in [-0.1, -0.05) is 40.7 Å². The van der Waals surface area contributed by atoms with Crippen molar-refractivity contribution in [2.45, 2.75) is 56.9 Å². The Balaban J connectivity index is 0.000000818. The number of hydrogen-bond donors (Lipinski definition) is 2. The van der Waals surface area contributed by atoms with E-state index in [1.165, 1.54) is 5.01 Å². The summed E-state index contributed by atoms with van der Waals surface area (Å²) in [5.74, 6) is 1.82. The molecule has 238 valence electrons. The number of fused-ring (bicyclic) bond motifs is 2. The molecule has 44 heavy (non-hydrogen) atoms. The van der Waals surface area contributed by atoms with Gasteiger partial charge in [-0.3, -0.25) is 0 Å². The predicted molar refractivity (Wildman–Crippen MR) is 165 cm³/mol. The second-order valence-electron chi connectivity index (χ2n) is 10.9. The molecule has 0 aliphatic carbocycles. The minimum Gasteiger partial charge on any atom is -0.497 e. The molecule has 14 heteroatoms. The van der Waals surface area contributed by atoms with E-state index >= 15 is 0 Å². The highest BCUT2D eigenvalue weighted by Gasteiger charge is 2.42. The summed E-state index contributed by atoms with van der Waals surface area (Å²) in [6.45, 7) is 4.39. The predicted octanol–water partition coefficient (Wildman–Crippen LogP) is 6.15. The molecule has 0 unspecified atom stereocenters. The van der Waals surface area contributed by atoms with Crippen molar-refractivity contribution in [2.24, 2.45) is 0 Å². The van der Waals surface area contributed by atoms with Crippen molar-refractivity contribution >= 4 is 41.9 Å². The molecule has 0 saturated carbocycles. The Morgan fingerprint density at radius 1 is 0.977 bits per heavy atom. The van der Waals surface area contributed by atoms with Crippen LogP contribution in [0, 0.1) is 13.8 Å². The molecular formula is C30H37BF4N4O4S. The number of nitrogens with zero attached hydrogens (tertiary/aromatic N) is 2. The van der Waals surface area contributed by atoms with Gasteiger partial charge in [0.15, 0.2) is 0 Å². The molecule has 2 aromatic carbocycles. The molecule has 1 aromatic heterocycles. The molecule has 0 radical (unpaired) electrons. The summed E-state index contributed by atoms with van der Waals surface area (Å²) in [5, 5.41) is 10.3. The number of aromatic nitrogens is 1. The van der Waals surface area contributed by atoms with Crippen molar-refractivity contribution in [2.75, 3.05) is 31.5 Å². The fourth-order valence-corrected chi connectivity index (χ4v) is 7.21. The van der Waals surface area contributed by atoms with Crippen molar-refractivity contribution < 1.29 is 41.0 Å². The number of urea groups is 1. The lowest BCUT2D eigenvalue weighted by Gasteiger charge is -2.17. The van der Waals surface area contributed by atoms with Gasteiger partial charge >= 0.3 is 19.4 Å². The number of aryl methyl sites for hydroxylation is 2. The maximum atomic E-state index is 12.8. The van der Waals surface area contributed by atoms with Gasteiger partial charge in [0.05, 0.1) is 32.8 Å². The minimum absolute atomic E-state index is 0.0422. The zero-order valence-electron chi connectivity index (χ0n) is 25.1. The Bertz CT molecular complexity index is 1470. The Morgan fingerprint density at radius 2 is 1.64 bits per heavy atom. The molecule has 3 atom stereocenters. The van der Waals surface area contributed by atoms with Crippen molar-refractivity contribution in [1.82, 2.24) is 10.6 Å². The van der Waals surface area contributed by atoms with Gasteiger partial charge in [-0.15, -0.1) is 0 Å². The maximum Gasteiger partial charge on any atom is 0.673 e. The minimum atomic E-state index is -6.00. The first-order valence-electron chi connectivity index (χ1n) is 14.4. The molecule has 3 amide bonds. The van der Waals surface area contributed by atoms with Gasteiger partial charge in [0.1, 0.15) is 5.75 Å². The van der Waals surface area contributed by atoms with Crippen molar-refractivity contribution in [1.29, 1.82) is 0 Å². The third-order valence-electron chi connectivity index (χ3n) is 7.64. The summed E-state index contributed by atoms with van der Waals surface area (Å²) in [6, 6.07) is 17.1. The lowest BCUT2D eigenvalue weighted by Crippen LogP contribution is -2.62. The average molecular weight is 637 g/mol. The highest BCUT2D eigenvalue weighted by atomic mass is 32.2. The number of methoxy groups -OCH3 is 1. The number of benzene rings is 2. The van der Waals surface area contributed by atoms with E-state index in [9.17, 15) is 26.9 Å². The lowest BCUT2D eigenvalue weighted by atomic mass is 10.0. The summed E-state index contributed by atoms with van der Waals surface area (Å²) in [5.41, 5.74) is 4.11. The standard InChI is InChI=1S/C30H36N4O4S.BF4/c1-19-14-24(22-9-10-23-17-25(37-4)12-11-21(23)16-22)15-20(2)34(19)33(3)30(36)38-13-7-5-6-8-27-28-26(18-39-27)31-29(35)32-28;2-1(3,4)5/h9-12,14-17,26-28H,5-8,13,18H2,1-4H3,(H-,31,32,35);/q;-1/p+1/t26-,27-,28-;/m1./s1. The van der Waals surface area contributed by atoms with Crippen LogP contribution in [-0.2, 0) is 4.74 Å². The second kappa shape index (κ2) is 14.4. The maximum absolute atomic E-state index is 12.8. The number of rotatable bonds is 9. The monoisotopic (exact) mass is 636 g/mol. The SMILES string of the molecule is COc1ccc2cc(-c3cc(C)[n+](N(C)C(=O)OCCCCC[C@H]4SC[C@H]5NC(=O)N[C@H]54)c(C)c3)ccc2c1.F[B-](F)(F)F. The topological polar surface area (TPSA) is 83.8 Å². The molecule has 0 bridgehead atoms. The molecule has 0 spiro atoms. The van der Waals surface area contributed by atoms with Crippen LogP contribution < -0.4 is 25.1 Å². The van der Waals surface area contributed by atoms with Crippen LogP contribution in [0.4, 0.5) is 26.9 Å². The number of carbonyl (C=O) groups is 2. The highest BCUT2D eigenvalue weighted by molar-refractivity contribution is 8.00. The third-order valence-corrected chi connectivity index (χ3v) is 9.15. The number of amides is 3. The number of hydrogen-bond acceptors (Lipinski definition) is 5. The molecule has 2 saturated heterocycles. The van der Waals surface area contributed by atoms with Crippen LogP contribution in [0.2, 0.25) is 0 Å². The summed E-state index contributed by atoms with van der Waals surface area (Å²) >= 11 is 1.93. The van der Waals surface area contributed by atoms with Crippen molar-refractivity contribution in [3.63, 3.8) is 0 Å². The number of thioether (sulfide) groups is 1. The van der Waals surface area contributed by atoms with Crippen molar-refractivity contribution in [3.8, 4) is 16.9 Å². The molecule has 2 aliphatic rings. The number of ether oxygens (including phenoxy) is 2. The normalized spacial score (nSPS) is 19.0. The van der Waals surface area contributed by atoms with Crippen LogP contribution in [0.15, 0.2) is 48.5 Å². The van der Waals surface area contributed by atoms with Crippen molar-refractivity contribution in [3.05, 3.63) is 59.9 Å². The quantitative estimate of drug-likeness (QED) is 0.0969. The number of carbonyl (C=O) groups excluding carboxylic acids is 2. The number of pyridine rings is 1. The summed E-state index contributed by atoms with van der Waals surface area (Å²) in [6.07, 6.45) is 3.57. The zero-order valence-corrected chi connectivity index (χ0v) is 25.9. The summed E-state index contributed by atoms with van der Waals surface area (Å²) in [7, 11) is -2.58. The first-order chi connectivity index (χ1) is 20.8. The fraction of sp³-hybridized carbons (Fsp3) is 0.433. The van der Waals surface area contributed by atoms with Crippen LogP contribution in [-0.4, -0.2) is 63.2 Å². The van der Waals surface area contributed by atoms with Gasteiger partial charge in [0, 0.05) is 37.0 Å². The van der Waals surface area contributed by atoms with Gasteiger partial charge in [0.25, 0.3) is 0 Å². The largest absolute Gasteiger partial charge is 0.673 e. The van der Waals surface area contributed by atoms with Crippen LogP contribution in [0.5, 0.6) is 5.75 Å². The lowest BCUT2D eigenvalue weighted by molar-refractivity contribution is -0.692. The molecule has 5 rings (SSSR count). The number of unbranched alkanes of at least 4 members (excludes halogenated alkanes) is 2. The van der Waals surface area contributed by atoms with E-state index < -0.39 is 7.25 Å². The van der Waals surface area contributed by atoms with Crippen LogP contribution in [0.1, 0.15) is 37.1 Å². The molecule has 3 aromatic rings.